The van der Waals surface area contributed by atoms with Crippen molar-refractivity contribution in [2.24, 2.45) is 4.99 Å². The number of dihydropyridines is 1. The number of allylic oxidation sites excluding steroid dienone is 5. The van der Waals surface area contributed by atoms with Gasteiger partial charge in [0.25, 0.3) is 0 Å². The Morgan fingerprint density at radius 2 is 2.25 bits per heavy atom. The van der Waals surface area contributed by atoms with Crippen LogP contribution in [-0.2, 0) is 0 Å². The fraction of sp³-hybridized carbons (Fsp3) is 0.435. The van der Waals surface area contributed by atoms with E-state index in [1.165, 1.54) is 16.8 Å². The van der Waals surface area contributed by atoms with Crippen LogP contribution in [0.4, 0.5) is 0 Å². The minimum absolute atomic E-state index is 0.499. The zero-order valence-corrected chi connectivity index (χ0v) is 17.3. The summed E-state index contributed by atoms with van der Waals surface area (Å²) in [4.78, 5) is 7.11. The Bertz CT molecular complexity index is 764. The van der Waals surface area contributed by atoms with Gasteiger partial charge in [-0.3, -0.25) is 4.99 Å². The van der Waals surface area contributed by atoms with Crippen LogP contribution in [0.3, 0.4) is 0 Å². The highest BCUT2D eigenvalue weighted by Gasteiger charge is 2.23. The Morgan fingerprint density at radius 1 is 1.36 bits per heavy atom. The van der Waals surface area contributed by atoms with Crippen LogP contribution in [0.5, 0.6) is 0 Å². The van der Waals surface area contributed by atoms with Crippen LogP contribution in [0.25, 0.3) is 0 Å². The summed E-state index contributed by atoms with van der Waals surface area (Å²) in [5, 5.41) is 10.5. The summed E-state index contributed by atoms with van der Waals surface area (Å²) in [5.74, 6) is 0. The van der Waals surface area contributed by atoms with Gasteiger partial charge in [0, 0.05) is 51.2 Å². The molecule has 3 rings (SSSR count). The Labute approximate surface area is 169 Å². The summed E-state index contributed by atoms with van der Waals surface area (Å²) < 4.78 is 0. The van der Waals surface area contributed by atoms with Crippen molar-refractivity contribution in [3.63, 3.8) is 0 Å². The van der Waals surface area contributed by atoms with Crippen molar-refractivity contribution in [1.82, 2.24) is 20.9 Å². The first-order valence-electron chi connectivity index (χ1n) is 10.4. The smallest absolute Gasteiger partial charge is 0.0737 e. The Kier molecular flexibility index (Phi) is 7.31. The molecule has 1 saturated heterocycles. The monoisotopic (exact) mass is 379 g/mol. The third kappa shape index (κ3) is 5.04. The van der Waals surface area contributed by atoms with E-state index >= 15 is 0 Å². The van der Waals surface area contributed by atoms with Gasteiger partial charge in [-0.25, -0.2) is 0 Å². The summed E-state index contributed by atoms with van der Waals surface area (Å²) in [6.07, 6.45) is 18.0. The van der Waals surface area contributed by atoms with E-state index in [0.717, 1.165) is 50.6 Å². The molecule has 1 aliphatic carbocycles. The van der Waals surface area contributed by atoms with E-state index in [1.54, 1.807) is 0 Å². The van der Waals surface area contributed by atoms with Crippen LogP contribution in [-0.4, -0.2) is 49.4 Å². The molecule has 5 nitrogen and oxygen atoms in total. The molecule has 0 aromatic carbocycles. The minimum Gasteiger partial charge on any atom is -0.386 e. The van der Waals surface area contributed by atoms with E-state index < -0.39 is 0 Å². The van der Waals surface area contributed by atoms with Gasteiger partial charge in [0.15, 0.2) is 0 Å². The van der Waals surface area contributed by atoms with Gasteiger partial charge < -0.3 is 20.9 Å². The number of piperazine rings is 1. The Balaban J connectivity index is 1.70. The maximum absolute atomic E-state index is 4.60. The second-order valence-electron chi connectivity index (χ2n) is 7.27. The number of nitrogens with one attached hydrogen (secondary N) is 3. The quantitative estimate of drug-likeness (QED) is 0.664. The lowest BCUT2D eigenvalue weighted by Gasteiger charge is -2.39. The fourth-order valence-corrected chi connectivity index (χ4v) is 3.67. The largest absolute Gasteiger partial charge is 0.386 e. The van der Waals surface area contributed by atoms with E-state index in [2.05, 4.69) is 76.3 Å². The first kappa shape index (κ1) is 20.2. The van der Waals surface area contributed by atoms with Crippen molar-refractivity contribution in [3.05, 3.63) is 71.4 Å². The standard InChI is InChI=1S/C23H33N5/c1-4-6-20-8-7-19(14-21(20)26-10-5-2)16-27-22-17-24-11-9-23(22)28-13-12-25-15-18(28)3/h5-10,14,17-18,24-25,27H,4,11-13,15-16H2,1-3H3/b10-5-,20-6+,26-21-. The summed E-state index contributed by atoms with van der Waals surface area (Å²) in [6.45, 7) is 11.2. The van der Waals surface area contributed by atoms with E-state index in [4.69, 9.17) is 0 Å². The van der Waals surface area contributed by atoms with E-state index in [-0.39, 0.29) is 0 Å². The van der Waals surface area contributed by atoms with Gasteiger partial charge in [-0.1, -0.05) is 31.2 Å². The second-order valence-corrected chi connectivity index (χ2v) is 7.27. The molecule has 0 radical (unpaired) electrons. The zero-order valence-electron chi connectivity index (χ0n) is 17.3. The maximum atomic E-state index is 4.60. The lowest BCUT2D eigenvalue weighted by atomic mass is 9.99. The summed E-state index contributed by atoms with van der Waals surface area (Å²) >= 11 is 0. The number of hydrogen-bond acceptors (Lipinski definition) is 5. The molecular weight excluding hydrogens is 346 g/mol. The molecule has 3 aliphatic rings. The summed E-state index contributed by atoms with van der Waals surface area (Å²) in [6, 6.07) is 0.499. The Morgan fingerprint density at radius 3 is 3.04 bits per heavy atom. The minimum atomic E-state index is 0.499. The highest BCUT2D eigenvalue weighted by molar-refractivity contribution is 6.12. The van der Waals surface area contributed by atoms with E-state index in [1.807, 2.05) is 19.2 Å². The molecule has 1 fully saturated rings. The average molecular weight is 380 g/mol. The molecule has 0 saturated carbocycles. The highest BCUT2D eigenvalue weighted by atomic mass is 15.2. The van der Waals surface area contributed by atoms with Gasteiger partial charge in [-0.2, -0.15) is 0 Å². The molecule has 0 aromatic heterocycles. The third-order valence-corrected chi connectivity index (χ3v) is 5.11. The first-order chi connectivity index (χ1) is 13.7. The van der Waals surface area contributed by atoms with E-state index in [0.29, 0.717) is 6.04 Å². The molecule has 2 aliphatic heterocycles. The first-order valence-corrected chi connectivity index (χ1v) is 10.4. The van der Waals surface area contributed by atoms with Gasteiger partial charge in [0.2, 0.25) is 0 Å². The van der Waals surface area contributed by atoms with Crippen LogP contribution in [0.2, 0.25) is 0 Å². The molecule has 150 valence electrons. The zero-order chi connectivity index (χ0) is 19.8. The van der Waals surface area contributed by atoms with Gasteiger partial charge >= 0.3 is 0 Å². The summed E-state index contributed by atoms with van der Waals surface area (Å²) in [5.41, 5.74) is 5.92. The predicted octanol–water partition coefficient (Wildman–Crippen LogP) is 3.01. The lowest BCUT2D eigenvalue weighted by Crippen LogP contribution is -2.50. The molecule has 1 unspecified atom stereocenters. The number of rotatable bonds is 6. The van der Waals surface area contributed by atoms with Gasteiger partial charge in [-0.15, -0.1) is 0 Å². The molecule has 28 heavy (non-hydrogen) atoms. The lowest BCUT2D eigenvalue weighted by molar-refractivity contribution is 0.224. The molecule has 2 heterocycles. The fourth-order valence-electron chi connectivity index (χ4n) is 3.67. The van der Waals surface area contributed by atoms with E-state index in [9.17, 15) is 0 Å². The van der Waals surface area contributed by atoms with Gasteiger partial charge in [0.1, 0.15) is 0 Å². The molecule has 1 atom stereocenters. The van der Waals surface area contributed by atoms with Crippen molar-refractivity contribution in [1.29, 1.82) is 0 Å². The number of hydrogen-bond donors (Lipinski definition) is 3. The molecule has 0 aromatic rings. The molecule has 0 spiro atoms. The van der Waals surface area contributed by atoms with Crippen LogP contribution in [0.1, 0.15) is 27.2 Å². The normalized spacial score (nSPS) is 25.6. The van der Waals surface area contributed by atoms with Crippen molar-refractivity contribution in [3.8, 4) is 0 Å². The van der Waals surface area contributed by atoms with Crippen molar-refractivity contribution in [2.45, 2.75) is 33.2 Å². The predicted molar refractivity (Wildman–Crippen MR) is 119 cm³/mol. The van der Waals surface area contributed by atoms with Crippen molar-refractivity contribution < 1.29 is 0 Å². The van der Waals surface area contributed by atoms with Gasteiger partial charge in [-0.05, 0) is 43.6 Å². The van der Waals surface area contributed by atoms with Crippen molar-refractivity contribution in [2.75, 3.05) is 32.7 Å². The molecule has 0 bridgehead atoms. The number of aliphatic imine (C=N–C) groups is 1. The molecule has 5 heteroatoms. The number of nitrogens with zero attached hydrogens (tertiary/aromatic N) is 2. The van der Waals surface area contributed by atoms with Crippen LogP contribution in [0.15, 0.2) is 76.4 Å². The van der Waals surface area contributed by atoms with Crippen LogP contribution < -0.4 is 16.0 Å². The van der Waals surface area contributed by atoms with Crippen LogP contribution >= 0.6 is 0 Å². The maximum Gasteiger partial charge on any atom is 0.0737 e. The molecule has 3 N–H and O–H groups in total. The average Bonchev–Trinajstić information content (AvgIpc) is 2.73. The summed E-state index contributed by atoms with van der Waals surface area (Å²) in [7, 11) is 0. The third-order valence-electron chi connectivity index (χ3n) is 5.11. The molecular formula is C23H33N5. The van der Waals surface area contributed by atoms with Gasteiger partial charge in [0.05, 0.1) is 17.1 Å². The Hall–Kier alpha value is -2.53. The SMILES string of the molecule is C\C=C/N=C1/C=C(CNC2=CNCC=C2N2CCNCC2C)C=C/C1=C\CC. The second kappa shape index (κ2) is 10.1. The molecule has 0 amide bonds. The highest BCUT2D eigenvalue weighted by Crippen LogP contribution is 2.20. The topological polar surface area (TPSA) is 51.7 Å². The van der Waals surface area contributed by atoms with Crippen molar-refractivity contribution >= 4 is 5.71 Å². The van der Waals surface area contributed by atoms with Crippen LogP contribution in [0, 0.1) is 0 Å².